The molecule has 3 aliphatic heterocycles. The predicted molar refractivity (Wildman–Crippen MR) is 151 cm³/mol. The maximum atomic E-state index is 13.1. The molecule has 0 aliphatic carbocycles. The fourth-order valence-electron chi connectivity index (χ4n) is 6.66. The number of primary amides is 1. The average molecular weight is 533 g/mol. The molecule has 1 unspecified atom stereocenters. The van der Waals surface area contributed by atoms with Gasteiger partial charge in [-0.2, -0.15) is 0 Å². The number of benzene rings is 1. The highest BCUT2D eigenvalue weighted by Crippen LogP contribution is 2.38. The number of piperidine rings is 2. The number of aromatic nitrogens is 1. The number of nitrogens with two attached hydrogens (primary N) is 1. The van der Waals surface area contributed by atoms with Crippen LogP contribution in [0.25, 0.3) is 0 Å². The summed E-state index contributed by atoms with van der Waals surface area (Å²) in [6, 6.07) is 8.15. The number of likely N-dealkylation sites (tertiary alicyclic amines) is 1. The molecule has 3 fully saturated rings. The van der Waals surface area contributed by atoms with Crippen molar-refractivity contribution in [3.8, 4) is 0 Å². The highest BCUT2D eigenvalue weighted by molar-refractivity contribution is 5.99. The van der Waals surface area contributed by atoms with Crippen molar-refractivity contribution in [1.82, 2.24) is 20.5 Å². The number of fused-ring (bicyclic) bond motifs is 2. The minimum Gasteiger partial charge on any atom is -0.366 e. The topological polar surface area (TPSA) is 121 Å². The Bertz CT molecular complexity index is 1230. The number of amides is 3. The second-order valence-corrected chi connectivity index (χ2v) is 11.4. The Kier molecular flexibility index (Phi) is 7.88. The number of carbonyl (C=O) groups is 3. The zero-order valence-corrected chi connectivity index (χ0v) is 23.2. The Morgan fingerprint density at radius 3 is 2.26 bits per heavy atom. The van der Waals surface area contributed by atoms with E-state index in [1.165, 1.54) is 0 Å². The van der Waals surface area contributed by atoms with Crippen LogP contribution < -0.4 is 21.3 Å². The quantitative estimate of drug-likeness (QED) is 0.504. The molecule has 1 aromatic heterocycles. The van der Waals surface area contributed by atoms with Gasteiger partial charge in [-0.05, 0) is 101 Å². The van der Waals surface area contributed by atoms with Gasteiger partial charge < -0.3 is 26.2 Å². The minimum absolute atomic E-state index is 0.0595. The monoisotopic (exact) mass is 532 g/mol. The third kappa shape index (κ3) is 5.78. The van der Waals surface area contributed by atoms with E-state index in [9.17, 15) is 14.4 Å². The SMILES string of the molecule is CCN1CCC[C@@H](NC(=O)c2ccc(N3[C@@H]4CC[C@H]3CC(NC(=O)c3cc(C)c(C(N)=O)cc3C)C4)nc2)C1. The van der Waals surface area contributed by atoms with Crippen LogP contribution in [0.1, 0.15) is 87.6 Å². The fourth-order valence-corrected chi connectivity index (χ4v) is 6.66. The van der Waals surface area contributed by atoms with Crippen LogP contribution in [-0.4, -0.2) is 71.4 Å². The first-order valence-electron chi connectivity index (χ1n) is 14.2. The summed E-state index contributed by atoms with van der Waals surface area (Å²) in [5, 5.41) is 6.42. The van der Waals surface area contributed by atoms with Crippen LogP contribution >= 0.6 is 0 Å². The van der Waals surface area contributed by atoms with Crippen molar-refractivity contribution in [2.24, 2.45) is 5.73 Å². The number of aryl methyl sites for hydroxylation is 2. The van der Waals surface area contributed by atoms with E-state index in [2.05, 4.69) is 27.4 Å². The van der Waals surface area contributed by atoms with Crippen molar-refractivity contribution in [2.75, 3.05) is 24.5 Å². The van der Waals surface area contributed by atoms with Crippen molar-refractivity contribution in [3.05, 3.63) is 58.3 Å². The second kappa shape index (κ2) is 11.3. The van der Waals surface area contributed by atoms with Gasteiger partial charge in [0.05, 0.1) is 5.56 Å². The summed E-state index contributed by atoms with van der Waals surface area (Å²) in [7, 11) is 0. The summed E-state index contributed by atoms with van der Waals surface area (Å²) in [5.74, 6) is 0.238. The van der Waals surface area contributed by atoms with Crippen LogP contribution in [0.3, 0.4) is 0 Å². The number of carbonyl (C=O) groups excluding carboxylic acids is 3. The molecule has 2 aromatic rings. The molecular weight excluding hydrogens is 492 g/mol. The van der Waals surface area contributed by atoms with Gasteiger partial charge >= 0.3 is 0 Å². The van der Waals surface area contributed by atoms with Gasteiger partial charge in [0.15, 0.2) is 0 Å². The molecule has 0 saturated carbocycles. The van der Waals surface area contributed by atoms with Crippen LogP contribution in [0.15, 0.2) is 30.5 Å². The van der Waals surface area contributed by atoms with Gasteiger partial charge in [0.2, 0.25) is 5.91 Å². The van der Waals surface area contributed by atoms with Gasteiger partial charge in [0, 0.05) is 48.0 Å². The standard InChI is InChI=1S/C30H40N6O3/c1-4-35-11-5-6-21(17-35)33-29(38)20-7-10-27(32-16-20)36-23-8-9-24(36)15-22(14-23)34-30(39)26-13-18(2)25(28(31)37)12-19(26)3/h7,10,12-13,16,21-24H,4-6,8-9,11,14-15,17H2,1-3H3,(H2,31,37)(H,33,38)(H,34,39)/t21-,22?,23-,24+/m1/s1. The van der Waals surface area contributed by atoms with Gasteiger partial charge in [-0.1, -0.05) is 6.92 Å². The summed E-state index contributed by atoms with van der Waals surface area (Å²) < 4.78 is 0. The number of nitrogens with one attached hydrogen (secondary N) is 2. The Hall–Kier alpha value is -3.46. The molecule has 3 aliphatic rings. The van der Waals surface area contributed by atoms with Crippen LogP contribution in [0.2, 0.25) is 0 Å². The van der Waals surface area contributed by atoms with E-state index >= 15 is 0 Å². The third-order valence-corrected chi connectivity index (χ3v) is 8.71. The smallest absolute Gasteiger partial charge is 0.253 e. The third-order valence-electron chi connectivity index (χ3n) is 8.71. The Labute approximate surface area is 230 Å². The van der Waals surface area contributed by atoms with E-state index in [1.54, 1.807) is 25.3 Å². The van der Waals surface area contributed by atoms with E-state index < -0.39 is 5.91 Å². The summed E-state index contributed by atoms with van der Waals surface area (Å²) in [6.07, 6.45) is 7.62. The van der Waals surface area contributed by atoms with Gasteiger partial charge in [-0.15, -0.1) is 0 Å². The maximum Gasteiger partial charge on any atom is 0.253 e. The molecule has 4 heterocycles. The molecule has 9 heteroatoms. The Balaban J connectivity index is 1.20. The second-order valence-electron chi connectivity index (χ2n) is 11.4. The molecule has 4 N–H and O–H groups in total. The molecule has 3 amide bonds. The highest BCUT2D eigenvalue weighted by Gasteiger charge is 2.42. The number of hydrogen-bond donors (Lipinski definition) is 3. The van der Waals surface area contributed by atoms with Gasteiger partial charge in [0.25, 0.3) is 11.8 Å². The van der Waals surface area contributed by atoms with Crippen molar-refractivity contribution in [2.45, 2.75) is 83.5 Å². The Morgan fingerprint density at radius 1 is 0.949 bits per heavy atom. The summed E-state index contributed by atoms with van der Waals surface area (Å²) >= 11 is 0. The molecular formula is C30H40N6O3. The van der Waals surface area contributed by atoms with Gasteiger partial charge in [-0.25, -0.2) is 4.98 Å². The first kappa shape index (κ1) is 27.1. The number of anilines is 1. The highest BCUT2D eigenvalue weighted by atomic mass is 16.2. The van der Waals surface area contributed by atoms with Crippen molar-refractivity contribution < 1.29 is 14.4 Å². The first-order valence-corrected chi connectivity index (χ1v) is 14.2. The van der Waals surface area contributed by atoms with Crippen LogP contribution in [0, 0.1) is 13.8 Å². The Morgan fingerprint density at radius 2 is 1.62 bits per heavy atom. The lowest BCUT2D eigenvalue weighted by Gasteiger charge is -2.40. The summed E-state index contributed by atoms with van der Waals surface area (Å²) in [6.45, 7) is 8.80. The molecule has 9 nitrogen and oxygen atoms in total. The van der Waals surface area contributed by atoms with E-state index in [1.807, 2.05) is 19.1 Å². The maximum absolute atomic E-state index is 13.1. The molecule has 39 heavy (non-hydrogen) atoms. The van der Waals surface area contributed by atoms with Crippen molar-refractivity contribution >= 4 is 23.5 Å². The minimum atomic E-state index is -0.485. The van der Waals surface area contributed by atoms with Crippen molar-refractivity contribution in [3.63, 3.8) is 0 Å². The fraction of sp³-hybridized carbons (Fsp3) is 0.533. The lowest BCUT2D eigenvalue weighted by atomic mass is 9.95. The molecule has 208 valence electrons. The number of likely N-dealkylation sites (N-methyl/N-ethyl adjacent to an activating group) is 1. The molecule has 3 saturated heterocycles. The predicted octanol–water partition coefficient (Wildman–Crippen LogP) is 2.94. The van der Waals surface area contributed by atoms with E-state index in [4.69, 9.17) is 10.7 Å². The van der Waals surface area contributed by atoms with Crippen molar-refractivity contribution in [1.29, 1.82) is 0 Å². The zero-order valence-electron chi connectivity index (χ0n) is 23.2. The van der Waals surface area contributed by atoms with E-state index in [-0.39, 0.29) is 23.9 Å². The number of pyridine rings is 1. The molecule has 1 aromatic carbocycles. The molecule has 5 rings (SSSR count). The van der Waals surface area contributed by atoms with Crippen LogP contribution in [0.4, 0.5) is 5.82 Å². The molecule has 2 bridgehead atoms. The van der Waals surface area contributed by atoms with E-state index in [0.717, 1.165) is 69.5 Å². The number of nitrogens with zero attached hydrogens (tertiary/aromatic N) is 3. The number of hydrogen-bond acceptors (Lipinski definition) is 6. The van der Waals surface area contributed by atoms with Gasteiger partial charge in [0.1, 0.15) is 5.82 Å². The summed E-state index contributed by atoms with van der Waals surface area (Å²) in [4.78, 5) is 47.1. The molecule has 0 spiro atoms. The number of rotatable bonds is 7. The molecule has 0 radical (unpaired) electrons. The lowest BCUT2D eigenvalue weighted by molar-refractivity contribution is 0.0902. The lowest BCUT2D eigenvalue weighted by Crippen LogP contribution is -2.51. The summed E-state index contributed by atoms with van der Waals surface area (Å²) in [5.41, 5.74) is 8.53. The first-order chi connectivity index (χ1) is 18.7. The normalized spacial score (nSPS) is 24.8. The van der Waals surface area contributed by atoms with Gasteiger partial charge in [-0.3, -0.25) is 14.4 Å². The van der Waals surface area contributed by atoms with Crippen LogP contribution in [-0.2, 0) is 0 Å². The zero-order chi connectivity index (χ0) is 27.7. The van der Waals surface area contributed by atoms with Crippen LogP contribution in [0.5, 0.6) is 0 Å². The molecule has 4 atom stereocenters. The average Bonchev–Trinajstić information content (AvgIpc) is 3.19. The van der Waals surface area contributed by atoms with E-state index in [0.29, 0.717) is 34.3 Å². The largest absolute Gasteiger partial charge is 0.366 e.